The highest BCUT2D eigenvalue weighted by Gasteiger charge is 2.22. The van der Waals surface area contributed by atoms with Gasteiger partial charge in [-0.3, -0.25) is 9.48 Å². The molecule has 0 fully saturated rings. The molecule has 0 saturated carbocycles. The third-order valence-electron chi connectivity index (χ3n) is 4.86. The topological polar surface area (TPSA) is 82.2 Å². The fourth-order valence-corrected chi connectivity index (χ4v) is 3.14. The van der Waals surface area contributed by atoms with E-state index in [0.717, 1.165) is 23.4 Å². The summed E-state index contributed by atoms with van der Waals surface area (Å²) in [6.07, 6.45) is 0. The van der Waals surface area contributed by atoms with Crippen LogP contribution < -0.4 is 10.1 Å². The van der Waals surface area contributed by atoms with Gasteiger partial charge in [-0.05, 0) is 31.5 Å². The summed E-state index contributed by atoms with van der Waals surface area (Å²) >= 11 is 0. The van der Waals surface area contributed by atoms with Crippen molar-refractivity contribution in [2.24, 2.45) is 0 Å². The van der Waals surface area contributed by atoms with E-state index in [0.29, 0.717) is 23.7 Å². The van der Waals surface area contributed by atoms with Crippen LogP contribution in [0, 0.1) is 25.5 Å². The first-order valence-electron chi connectivity index (χ1n) is 9.83. The summed E-state index contributed by atoms with van der Waals surface area (Å²) in [5.74, 6) is -1.52. The van der Waals surface area contributed by atoms with E-state index in [-0.39, 0.29) is 18.1 Å². The number of halogens is 2. The number of nitrogens with zero attached hydrogens (tertiary/aromatic N) is 3. The highest BCUT2D eigenvalue weighted by atomic mass is 19.1. The summed E-state index contributed by atoms with van der Waals surface area (Å²) in [6, 6.07) is 14.6. The first-order chi connectivity index (χ1) is 15.4. The molecule has 4 aromatic rings. The SMILES string of the molecule is Cc1onc(C(=O)Nc2cc(C)n(Cc3ccccc3)n2)c1COc1ccc(F)cc1F. The zero-order chi connectivity index (χ0) is 22.7. The molecule has 7 nitrogen and oxygen atoms in total. The molecule has 4 rings (SSSR count). The number of carbonyl (C=O) groups is 1. The molecule has 0 aliphatic heterocycles. The predicted octanol–water partition coefficient (Wildman–Crippen LogP) is 4.65. The van der Waals surface area contributed by atoms with Crippen LogP contribution in [0.3, 0.4) is 0 Å². The van der Waals surface area contributed by atoms with Gasteiger partial charge in [0.25, 0.3) is 5.91 Å². The minimum Gasteiger partial charge on any atom is -0.486 e. The Hall–Kier alpha value is -4.01. The van der Waals surface area contributed by atoms with E-state index in [9.17, 15) is 13.6 Å². The molecule has 2 aromatic carbocycles. The van der Waals surface area contributed by atoms with Crippen LogP contribution in [-0.4, -0.2) is 20.8 Å². The Labute approximate surface area is 182 Å². The lowest BCUT2D eigenvalue weighted by Gasteiger charge is -2.07. The Morgan fingerprint density at radius 1 is 1.12 bits per heavy atom. The third-order valence-corrected chi connectivity index (χ3v) is 4.86. The van der Waals surface area contributed by atoms with E-state index < -0.39 is 17.5 Å². The zero-order valence-corrected chi connectivity index (χ0v) is 17.4. The zero-order valence-electron chi connectivity index (χ0n) is 17.4. The maximum Gasteiger partial charge on any atom is 0.279 e. The molecule has 1 N–H and O–H groups in total. The minimum absolute atomic E-state index is 0.000261. The molecule has 0 radical (unpaired) electrons. The van der Waals surface area contributed by atoms with Crippen LogP contribution in [0.2, 0.25) is 0 Å². The third kappa shape index (κ3) is 4.66. The number of rotatable bonds is 7. The number of nitrogens with one attached hydrogen (secondary N) is 1. The first kappa shape index (κ1) is 21.2. The average Bonchev–Trinajstić information content (AvgIpc) is 3.30. The largest absolute Gasteiger partial charge is 0.486 e. The second-order valence-corrected chi connectivity index (χ2v) is 7.20. The second kappa shape index (κ2) is 9.01. The number of hydrogen-bond acceptors (Lipinski definition) is 5. The summed E-state index contributed by atoms with van der Waals surface area (Å²) in [4.78, 5) is 12.8. The molecule has 164 valence electrons. The van der Waals surface area contributed by atoms with Crippen molar-refractivity contribution in [2.45, 2.75) is 27.0 Å². The van der Waals surface area contributed by atoms with Gasteiger partial charge in [0.1, 0.15) is 18.2 Å². The number of carbonyl (C=O) groups excluding carboxylic acids is 1. The van der Waals surface area contributed by atoms with Crippen LogP contribution in [0.1, 0.15) is 33.1 Å². The van der Waals surface area contributed by atoms with Crippen molar-refractivity contribution in [1.29, 1.82) is 0 Å². The monoisotopic (exact) mass is 438 g/mol. The van der Waals surface area contributed by atoms with Gasteiger partial charge in [0.2, 0.25) is 0 Å². The van der Waals surface area contributed by atoms with E-state index in [1.54, 1.807) is 17.7 Å². The second-order valence-electron chi connectivity index (χ2n) is 7.20. The molecule has 0 aliphatic carbocycles. The average molecular weight is 438 g/mol. The summed E-state index contributed by atoms with van der Waals surface area (Å²) in [6.45, 7) is 3.89. The van der Waals surface area contributed by atoms with Gasteiger partial charge < -0.3 is 14.6 Å². The molecule has 0 spiro atoms. The molecule has 9 heteroatoms. The lowest BCUT2D eigenvalue weighted by molar-refractivity contribution is 0.101. The standard InChI is InChI=1S/C23H20F2N4O3/c1-14-10-21(27-29(14)12-16-6-4-3-5-7-16)26-23(30)22-18(15(2)32-28-22)13-31-20-9-8-17(24)11-19(20)25/h3-11H,12-13H2,1-2H3,(H,26,27,30). The number of benzene rings is 2. The van der Waals surface area contributed by atoms with Gasteiger partial charge in [-0.25, -0.2) is 8.78 Å². The maximum absolute atomic E-state index is 13.8. The molecule has 32 heavy (non-hydrogen) atoms. The van der Waals surface area contributed by atoms with Crippen LogP contribution in [0.4, 0.5) is 14.6 Å². The van der Waals surface area contributed by atoms with Gasteiger partial charge in [0.15, 0.2) is 23.1 Å². The van der Waals surface area contributed by atoms with Gasteiger partial charge in [-0.1, -0.05) is 35.5 Å². The van der Waals surface area contributed by atoms with Gasteiger partial charge in [-0.2, -0.15) is 5.10 Å². The van der Waals surface area contributed by atoms with Crippen LogP contribution in [0.15, 0.2) is 59.1 Å². The normalized spacial score (nSPS) is 10.9. The Kier molecular flexibility index (Phi) is 5.98. The lowest BCUT2D eigenvalue weighted by atomic mass is 10.2. The van der Waals surface area contributed by atoms with E-state index in [4.69, 9.17) is 9.26 Å². The fraction of sp³-hybridized carbons (Fsp3) is 0.174. The molecule has 0 aliphatic rings. The van der Waals surface area contributed by atoms with E-state index >= 15 is 0 Å². The smallest absolute Gasteiger partial charge is 0.279 e. The van der Waals surface area contributed by atoms with E-state index in [2.05, 4.69) is 15.6 Å². The van der Waals surface area contributed by atoms with Gasteiger partial charge >= 0.3 is 0 Å². The molecular weight excluding hydrogens is 418 g/mol. The Morgan fingerprint density at radius 3 is 2.66 bits per heavy atom. The van der Waals surface area contributed by atoms with Crippen LogP contribution in [0.5, 0.6) is 5.75 Å². The summed E-state index contributed by atoms with van der Waals surface area (Å²) in [7, 11) is 0. The molecule has 0 atom stereocenters. The molecule has 0 bridgehead atoms. The quantitative estimate of drug-likeness (QED) is 0.454. The van der Waals surface area contributed by atoms with Crippen LogP contribution >= 0.6 is 0 Å². The van der Waals surface area contributed by atoms with Crippen LogP contribution in [-0.2, 0) is 13.2 Å². The maximum atomic E-state index is 13.8. The summed E-state index contributed by atoms with van der Waals surface area (Å²) < 4.78 is 39.2. The number of anilines is 1. The molecule has 2 heterocycles. The molecule has 0 unspecified atom stereocenters. The van der Waals surface area contributed by atoms with Crippen molar-refractivity contribution in [2.75, 3.05) is 5.32 Å². The van der Waals surface area contributed by atoms with Gasteiger partial charge in [-0.15, -0.1) is 0 Å². The number of ether oxygens (including phenoxy) is 1. The van der Waals surface area contributed by atoms with Gasteiger partial charge in [0.05, 0.1) is 12.1 Å². The molecule has 2 aromatic heterocycles. The molecular formula is C23H20F2N4O3. The number of hydrogen-bond donors (Lipinski definition) is 1. The van der Waals surface area contributed by atoms with Crippen molar-refractivity contribution >= 4 is 11.7 Å². The van der Waals surface area contributed by atoms with E-state index in [1.165, 1.54) is 6.07 Å². The fourth-order valence-electron chi connectivity index (χ4n) is 3.14. The first-order valence-corrected chi connectivity index (χ1v) is 9.83. The lowest BCUT2D eigenvalue weighted by Crippen LogP contribution is -2.16. The Balaban J connectivity index is 1.47. The number of aryl methyl sites for hydroxylation is 2. The van der Waals surface area contributed by atoms with Crippen molar-refractivity contribution < 1.29 is 22.8 Å². The predicted molar refractivity (Wildman–Crippen MR) is 112 cm³/mol. The van der Waals surface area contributed by atoms with Crippen molar-refractivity contribution in [3.8, 4) is 5.75 Å². The Morgan fingerprint density at radius 2 is 1.91 bits per heavy atom. The summed E-state index contributed by atoms with van der Waals surface area (Å²) in [5.41, 5.74) is 2.30. The highest BCUT2D eigenvalue weighted by Crippen LogP contribution is 2.22. The Bertz CT molecular complexity index is 1250. The van der Waals surface area contributed by atoms with Crippen molar-refractivity contribution in [1.82, 2.24) is 14.9 Å². The van der Waals surface area contributed by atoms with Gasteiger partial charge in [0, 0.05) is 17.8 Å². The highest BCUT2D eigenvalue weighted by molar-refractivity contribution is 6.03. The summed E-state index contributed by atoms with van der Waals surface area (Å²) in [5, 5.41) is 10.9. The number of amides is 1. The van der Waals surface area contributed by atoms with E-state index in [1.807, 2.05) is 37.3 Å². The molecule has 1 amide bonds. The van der Waals surface area contributed by atoms with Crippen molar-refractivity contribution in [3.05, 3.63) is 94.5 Å². The minimum atomic E-state index is -0.843. The molecule has 0 saturated heterocycles. The number of aromatic nitrogens is 3. The van der Waals surface area contributed by atoms with Crippen LogP contribution in [0.25, 0.3) is 0 Å². The van der Waals surface area contributed by atoms with Crippen molar-refractivity contribution in [3.63, 3.8) is 0 Å².